The second-order valence-corrected chi connectivity index (χ2v) is 10.1. The van der Waals surface area contributed by atoms with E-state index in [0.717, 1.165) is 30.3 Å². The third-order valence-corrected chi connectivity index (χ3v) is 7.20. The third-order valence-electron chi connectivity index (χ3n) is 7.20. The number of nitrogens with zero attached hydrogens (tertiary/aromatic N) is 3. The molecule has 0 radical (unpaired) electrons. The zero-order valence-electron chi connectivity index (χ0n) is 22.6. The highest BCUT2D eigenvalue weighted by molar-refractivity contribution is 5.99. The smallest absolute Gasteiger partial charge is 0.416 e. The first-order valence-corrected chi connectivity index (χ1v) is 12.8. The van der Waals surface area contributed by atoms with Crippen molar-refractivity contribution in [3.8, 4) is 28.8 Å². The minimum Gasteiger partial charge on any atom is -0.494 e. The predicted molar refractivity (Wildman–Crippen MR) is 143 cm³/mol. The van der Waals surface area contributed by atoms with Crippen molar-refractivity contribution < 1.29 is 40.6 Å². The van der Waals surface area contributed by atoms with Crippen LogP contribution in [0.3, 0.4) is 0 Å². The summed E-state index contributed by atoms with van der Waals surface area (Å²) >= 11 is 0. The van der Waals surface area contributed by atoms with E-state index in [4.69, 9.17) is 9.47 Å². The van der Waals surface area contributed by atoms with E-state index in [-0.39, 0.29) is 40.5 Å². The molecular formula is C30H22F6N4O3. The quantitative estimate of drug-likeness (QED) is 0.252. The Bertz CT molecular complexity index is 1750. The van der Waals surface area contributed by atoms with Gasteiger partial charge in [0, 0.05) is 34.8 Å². The lowest BCUT2D eigenvalue weighted by Gasteiger charge is -2.23. The molecule has 5 rings (SSSR count). The number of methoxy groups -OCH3 is 1. The van der Waals surface area contributed by atoms with Crippen LogP contribution in [0.25, 0.3) is 22.2 Å². The number of pyridine rings is 2. The molecule has 1 aliphatic rings. The van der Waals surface area contributed by atoms with Gasteiger partial charge in [-0.3, -0.25) is 9.78 Å². The van der Waals surface area contributed by atoms with E-state index in [1.54, 1.807) is 12.1 Å². The molecule has 0 fully saturated rings. The number of alkyl halides is 6. The summed E-state index contributed by atoms with van der Waals surface area (Å²) in [6.07, 6.45) is -8.00. The Hall–Kier alpha value is -4.86. The second-order valence-electron chi connectivity index (χ2n) is 10.1. The zero-order chi connectivity index (χ0) is 31.2. The van der Waals surface area contributed by atoms with Gasteiger partial charge in [-0.15, -0.1) is 0 Å². The van der Waals surface area contributed by atoms with Crippen LogP contribution >= 0.6 is 0 Å². The molecule has 4 aromatic rings. The van der Waals surface area contributed by atoms with Crippen molar-refractivity contribution in [1.29, 1.82) is 5.26 Å². The summed E-state index contributed by atoms with van der Waals surface area (Å²) in [5.74, 6) is -2.88. The van der Waals surface area contributed by atoms with Gasteiger partial charge < -0.3 is 14.8 Å². The maximum atomic E-state index is 14.5. The van der Waals surface area contributed by atoms with Gasteiger partial charge in [-0.1, -0.05) is 18.2 Å². The number of carbonyl (C=O) groups is 1. The molecule has 0 aliphatic carbocycles. The molecule has 0 saturated heterocycles. The molecule has 13 heteroatoms. The number of benzene rings is 2. The number of amides is 1. The first kappa shape index (κ1) is 29.6. The van der Waals surface area contributed by atoms with Gasteiger partial charge in [-0.25, -0.2) is 4.98 Å². The van der Waals surface area contributed by atoms with E-state index >= 15 is 0 Å². The van der Waals surface area contributed by atoms with Crippen LogP contribution in [0.1, 0.15) is 40.0 Å². The van der Waals surface area contributed by atoms with Gasteiger partial charge in [-0.05, 0) is 43.3 Å². The fourth-order valence-electron chi connectivity index (χ4n) is 4.82. The van der Waals surface area contributed by atoms with Crippen LogP contribution in [0.15, 0.2) is 60.8 Å². The number of aromatic nitrogens is 2. The monoisotopic (exact) mass is 600 g/mol. The largest absolute Gasteiger partial charge is 0.494 e. The molecule has 2 aromatic carbocycles. The van der Waals surface area contributed by atoms with Crippen LogP contribution in [0, 0.1) is 11.3 Å². The van der Waals surface area contributed by atoms with Crippen molar-refractivity contribution in [2.75, 3.05) is 20.3 Å². The SMILES string of the molecule is COc1cc(C(=O)NCC(c2cc3c(c(-c4ccc(C(F)(F)F)cc4)n2)OCC3(C)C#N)C(F)(F)F)cc2cccnc12. The Morgan fingerprint density at radius 2 is 1.86 bits per heavy atom. The lowest BCUT2D eigenvalue weighted by molar-refractivity contribution is -0.149. The molecule has 1 aliphatic heterocycles. The summed E-state index contributed by atoms with van der Waals surface area (Å²) in [5.41, 5.74) is -2.29. The molecule has 43 heavy (non-hydrogen) atoms. The topological polar surface area (TPSA) is 97.1 Å². The van der Waals surface area contributed by atoms with Gasteiger partial charge in [0.2, 0.25) is 0 Å². The summed E-state index contributed by atoms with van der Waals surface area (Å²) in [5, 5.41) is 12.6. The van der Waals surface area contributed by atoms with Crippen LogP contribution in [-0.4, -0.2) is 42.3 Å². The van der Waals surface area contributed by atoms with E-state index in [1.165, 1.54) is 32.4 Å². The Morgan fingerprint density at radius 3 is 2.49 bits per heavy atom. The Balaban J connectivity index is 1.54. The molecule has 0 spiro atoms. The van der Waals surface area contributed by atoms with Crippen molar-refractivity contribution in [3.05, 3.63) is 83.2 Å². The lowest BCUT2D eigenvalue weighted by Crippen LogP contribution is -2.35. The van der Waals surface area contributed by atoms with Gasteiger partial charge in [-0.2, -0.15) is 31.6 Å². The van der Waals surface area contributed by atoms with Crippen molar-refractivity contribution in [2.24, 2.45) is 0 Å². The van der Waals surface area contributed by atoms with Gasteiger partial charge in [0.25, 0.3) is 5.91 Å². The van der Waals surface area contributed by atoms with Crippen molar-refractivity contribution in [3.63, 3.8) is 0 Å². The average molecular weight is 601 g/mol. The molecule has 0 bridgehead atoms. The van der Waals surface area contributed by atoms with Crippen molar-refractivity contribution in [1.82, 2.24) is 15.3 Å². The van der Waals surface area contributed by atoms with E-state index < -0.39 is 47.4 Å². The molecule has 0 saturated carbocycles. The standard InChI is InChI=1S/C30H22F6N4O3/c1-28(14-37)15-43-26-20(28)12-22(40-25(26)16-5-7-19(8-6-16)29(31,32)33)21(30(34,35)36)13-39-27(41)18-10-17-4-3-9-38-24(17)23(11-18)42-2/h3-12,21H,13,15H2,1-2H3,(H,39,41). The minimum atomic E-state index is -4.90. The Morgan fingerprint density at radius 1 is 1.14 bits per heavy atom. The fraction of sp³-hybridized carbons (Fsp3) is 0.267. The zero-order valence-corrected chi connectivity index (χ0v) is 22.6. The van der Waals surface area contributed by atoms with Gasteiger partial charge in [0.05, 0.1) is 24.4 Å². The van der Waals surface area contributed by atoms with Crippen LogP contribution in [-0.2, 0) is 11.6 Å². The number of halogens is 6. The number of fused-ring (bicyclic) bond motifs is 2. The summed E-state index contributed by atoms with van der Waals surface area (Å²) in [6, 6.07) is 13.0. The van der Waals surface area contributed by atoms with E-state index in [1.807, 2.05) is 6.07 Å². The molecule has 222 valence electrons. The number of nitriles is 1. The van der Waals surface area contributed by atoms with Crippen LogP contribution in [0.2, 0.25) is 0 Å². The lowest BCUT2D eigenvalue weighted by atomic mass is 9.84. The Kier molecular flexibility index (Phi) is 7.41. The molecule has 2 unspecified atom stereocenters. The maximum Gasteiger partial charge on any atom is 0.416 e. The summed E-state index contributed by atoms with van der Waals surface area (Å²) in [4.78, 5) is 21.4. The number of carbonyl (C=O) groups excluding carboxylic acids is 1. The highest BCUT2D eigenvalue weighted by atomic mass is 19.4. The molecule has 7 nitrogen and oxygen atoms in total. The first-order chi connectivity index (χ1) is 20.2. The Labute approximate surface area is 241 Å². The van der Waals surface area contributed by atoms with Gasteiger partial charge in [0.15, 0.2) is 5.75 Å². The fourth-order valence-corrected chi connectivity index (χ4v) is 4.82. The summed E-state index contributed by atoms with van der Waals surface area (Å²) < 4.78 is 93.8. The van der Waals surface area contributed by atoms with E-state index in [2.05, 4.69) is 15.3 Å². The number of nitrogens with one attached hydrogen (secondary N) is 1. The molecule has 1 amide bonds. The molecule has 2 atom stereocenters. The second kappa shape index (κ2) is 10.8. The van der Waals surface area contributed by atoms with E-state index in [0.29, 0.717) is 10.9 Å². The first-order valence-electron chi connectivity index (χ1n) is 12.8. The minimum absolute atomic E-state index is 0.00869. The van der Waals surface area contributed by atoms with Gasteiger partial charge in [0.1, 0.15) is 34.9 Å². The van der Waals surface area contributed by atoms with E-state index in [9.17, 15) is 36.4 Å². The predicted octanol–water partition coefficient (Wildman–Crippen LogP) is 6.57. The highest BCUT2D eigenvalue weighted by Crippen LogP contribution is 2.46. The van der Waals surface area contributed by atoms with Gasteiger partial charge >= 0.3 is 12.4 Å². The molecular weight excluding hydrogens is 578 g/mol. The van der Waals surface area contributed by atoms with Crippen LogP contribution in [0.5, 0.6) is 11.5 Å². The van der Waals surface area contributed by atoms with Crippen molar-refractivity contribution >= 4 is 16.8 Å². The maximum absolute atomic E-state index is 14.5. The summed E-state index contributed by atoms with van der Waals surface area (Å²) in [6.45, 7) is 0.368. The molecule has 3 heterocycles. The van der Waals surface area contributed by atoms with Crippen LogP contribution in [0.4, 0.5) is 26.3 Å². The number of hydrogen-bond acceptors (Lipinski definition) is 6. The number of rotatable bonds is 6. The molecule has 1 N–H and O–H groups in total. The average Bonchev–Trinajstić information content (AvgIpc) is 3.31. The van der Waals surface area contributed by atoms with Crippen LogP contribution < -0.4 is 14.8 Å². The van der Waals surface area contributed by atoms with Crippen molar-refractivity contribution in [2.45, 2.75) is 30.6 Å². The third kappa shape index (κ3) is 5.64. The number of hydrogen-bond donors (Lipinski definition) is 1. The molecule has 2 aromatic heterocycles. The normalized spacial score (nSPS) is 17.1. The summed E-state index contributed by atoms with van der Waals surface area (Å²) in [7, 11) is 1.37. The number of ether oxygens (including phenoxy) is 2. The highest BCUT2D eigenvalue weighted by Gasteiger charge is 2.45.